The van der Waals surface area contributed by atoms with Gasteiger partial charge in [-0.05, 0) is 18.2 Å². The van der Waals surface area contributed by atoms with Crippen molar-refractivity contribution in [1.82, 2.24) is 19.5 Å². The van der Waals surface area contributed by atoms with Gasteiger partial charge in [0.25, 0.3) is 5.56 Å². The first-order valence-electron chi connectivity index (χ1n) is 5.14. The van der Waals surface area contributed by atoms with Crippen LogP contribution in [0.1, 0.15) is 0 Å². The van der Waals surface area contributed by atoms with Gasteiger partial charge in [0.2, 0.25) is 5.95 Å². The van der Waals surface area contributed by atoms with Crippen molar-refractivity contribution < 1.29 is 0 Å². The van der Waals surface area contributed by atoms with Crippen LogP contribution in [0.4, 0.5) is 5.95 Å². The summed E-state index contributed by atoms with van der Waals surface area (Å²) in [5, 5.41) is 0.550. The lowest BCUT2D eigenvalue weighted by molar-refractivity contribution is 1.08. The highest BCUT2D eigenvalue weighted by molar-refractivity contribution is 6.30. The summed E-state index contributed by atoms with van der Waals surface area (Å²) in [6.07, 6.45) is 1.29. The van der Waals surface area contributed by atoms with Crippen molar-refractivity contribution in [2.24, 2.45) is 0 Å². The number of nitrogens with one attached hydrogen (secondary N) is 1. The molecule has 0 aliphatic carbocycles. The van der Waals surface area contributed by atoms with Crippen molar-refractivity contribution in [1.29, 1.82) is 0 Å². The molecule has 0 atom stereocenters. The molecule has 1 aromatic carbocycles. The van der Waals surface area contributed by atoms with Crippen molar-refractivity contribution in [3.05, 3.63) is 46.0 Å². The smallest absolute Gasteiger partial charge is 0.277 e. The third-order valence-electron chi connectivity index (χ3n) is 2.55. The third kappa shape index (κ3) is 1.54. The molecule has 2 aromatic heterocycles. The van der Waals surface area contributed by atoms with E-state index in [1.165, 1.54) is 10.9 Å². The van der Waals surface area contributed by atoms with E-state index in [0.29, 0.717) is 21.9 Å². The number of hydrogen-bond donors (Lipinski definition) is 2. The number of nitrogens with zero attached hydrogens (tertiary/aromatic N) is 3. The van der Waals surface area contributed by atoms with Crippen molar-refractivity contribution in [2.75, 3.05) is 5.73 Å². The fraction of sp³-hybridized carbons (Fsp3) is 0. The molecule has 2 heterocycles. The molecular formula is C11H8ClN5O. The predicted molar refractivity (Wildman–Crippen MR) is 68.9 cm³/mol. The second-order valence-electron chi connectivity index (χ2n) is 3.69. The normalized spacial score (nSPS) is 10.9. The first-order valence-corrected chi connectivity index (χ1v) is 5.52. The molecule has 0 unspecified atom stereocenters. The molecule has 0 bridgehead atoms. The topological polar surface area (TPSA) is 89.6 Å². The Morgan fingerprint density at radius 3 is 3.00 bits per heavy atom. The number of nitrogens with two attached hydrogens (primary N) is 1. The van der Waals surface area contributed by atoms with Crippen LogP contribution in [0.15, 0.2) is 35.4 Å². The molecule has 3 aromatic rings. The number of benzene rings is 1. The van der Waals surface area contributed by atoms with E-state index in [0.717, 1.165) is 0 Å². The summed E-state index contributed by atoms with van der Waals surface area (Å²) in [5.41, 5.74) is 6.79. The zero-order valence-corrected chi connectivity index (χ0v) is 9.85. The number of aromatic amines is 1. The Bertz CT molecular complexity index is 791. The maximum absolute atomic E-state index is 11.8. The fourth-order valence-electron chi connectivity index (χ4n) is 1.82. The van der Waals surface area contributed by atoms with Gasteiger partial charge in [-0.1, -0.05) is 17.7 Å². The van der Waals surface area contributed by atoms with Gasteiger partial charge in [0.05, 0.1) is 12.0 Å². The van der Waals surface area contributed by atoms with Crippen LogP contribution in [0.5, 0.6) is 0 Å². The molecular weight excluding hydrogens is 254 g/mol. The van der Waals surface area contributed by atoms with Crippen LogP contribution in [0.2, 0.25) is 5.02 Å². The maximum atomic E-state index is 11.8. The Balaban J connectivity index is 2.42. The van der Waals surface area contributed by atoms with Crippen LogP contribution in [-0.4, -0.2) is 19.5 Å². The van der Waals surface area contributed by atoms with Crippen LogP contribution in [0, 0.1) is 0 Å². The predicted octanol–water partition coefficient (Wildman–Crippen LogP) is 1.34. The molecule has 0 saturated carbocycles. The number of H-pyrrole nitrogens is 1. The molecule has 0 radical (unpaired) electrons. The Morgan fingerprint density at radius 1 is 1.39 bits per heavy atom. The lowest BCUT2D eigenvalue weighted by Crippen LogP contribution is -2.11. The van der Waals surface area contributed by atoms with Gasteiger partial charge in [-0.25, -0.2) is 4.98 Å². The summed E-state index contributed by atoms with van der Waals surface area (Å²) in [6.45, 7) is 0. The number of aromatic nitrogens is 4. The van der Waals surface area contributed by atoms with Gasteiger partial charge in [0.1, 0.15) is 0 Å². The zero-order valence-electron chi connectivity index (χ0n) is 9.09. The quantitative estimate of drug-likeness (QED) is 0.692. The molecule has 0 fully saturated rings. The number of fused-ring (bicyclic) bond motifs is 1. The van der Waals surface area contributed by atoms with Crippen LogP contribution in [-0.2, 0) is 0 Å². The van der Waals surface area contributed by atoms with E-state index in [1.54, 1.807) is 24.3 Å². The van der Waals surface area contributed by atoms with Gasteiger partial charge >= 0.3 is 0 Å². The Morgan fingerprint density at radius 2 is 2.22 bits per heavy atom. The first-order chi connectivity index (χ1) is 8.66. The van der Waals surface area contributed by atoms with Gasteiger partial charge in [-0.3, -0.25) is 9.36 Å². The second kappa shape index (κ2) is 3.85. The van der Waals surface area contributed by atoms with E-state index < -0.39 is 0 Å². The largest absolute Gasteiger partial charge is 0.369 e. The number of rotatable bonds is 1. The molecule has 0 aliphatic rings. The first kappa shape index (κ1) is 10.8. The van der Waals surface area contributed by atoms with E-state index in [9.17, 15) is 4.79 Å². The molecule has 0 saturated heterocycles. The summed E-state index contributed by atoms with van der Waals surface area (Å²) in [5.74, 6) is 0.191. The molecule has 6 nitrogen and oxygen atoms in total. The van der Waals surface area contributed by atoms with Gasteiger partial charge in [-0.2, -0.15) is 4.98 Å². The highest BCUT2D eigenvalue weighted by Gasteiger charge is 2.13. The summed E-state index contributed by atoms with van der Waals surface area (Å²) >= 11 is 5.93. The minimum atomic E-state index is -0.302. The lowest BCUT2D eigenvalue weighted by atomic mass is 10.3. The summed E-state index contributed by atoms with van der Waals surface area (Å²) in [6, 6.07) is 7.00. The Labute approximate surface area is 106 Å². The summed E-state index contributed by atoms with van der Waals surface area (Å²) in [7, 11) is 0. The Kier molecular flexibility index (Phi) is 2.31. The second-order valence-corrected chi connectivity index (χ2v) is 4.13. The van der Waals surface area contributed by atoms with E-state index in [1.807, 2.05) is 0 Å². The van der Waals surface area contributed by atoms with Crippen molar-refractivity contribution >= 4 is 28.7 Å². The zero-order chi connectivity index (χ0) is 12.7. The Hall–Kier alpha value is -2.34. The SMILES string of the molecule is Nc1nc2nc[nH]c(=O)c2n1-c1cccc(Cl)c1. The molecule has 18 heavy (non-hydrogen) atoms. The van der Waals surface area contributed by atoms with E-state index in [-0.39, 0.29) is 11.5 Å². The van der Waals surface area contributed by atoms with E-state index in [4.69, 9.17) is 17.3 Å². The number of hydrogen-bond acceptors (Lipinski definition) is 4. The standard InChI is InChI=1S/C11H8ClN5O/c12-6-2-1-3-7(4-6)17-8-9(16-11(17)13)14-5-15-10(8)18/h1-5H,(H3,13,14,15,16,18). The number of anilines is 1. The van der Waals surface area contributed by atoms with Gasteiger partial charge in [0, 0.05) is 5.02 Å². The van der Waals surface area contributed by atoms with Gasteiger partial charge in [0.15, 0.2) is 11.2 Å². The van der Waals surface area contributed by atoms with E-state index >= 15 is 0 Å². The highest BCUT2D eigenvalue weighted by Crippen LogP contribution is 2.21. The summed E-state index contributed by atoms with van der Waals surface area (Å²) < 4.78 is 1.52. The average Bonchev–Trinajstić information content (AvgIpc) is 2.67. The van der Waals surface area contributed by atoms with Crippen LogP contribution >= 0.6 is 11.6 Å². The average molecular weight is 262 g/mol. The number of halogens is 1. The monoisotopic (exact) mass is 261 g/mol. The maximum Gasteiger partial charge on any atom is 0.277 e. The highest BCUT2D eigenvalue weighted by atomic mass is 35.5. The molecule has 90 valence electrons. The molecule has 7 heteroatoms. The van der Waals surface area contributed by atoms with Crippen molar-refractivity contribution in [2.45, 2.75) is 0 Å². The summed E-state index contributed by atoms with van der Waals surface area (Å²) in [4.78, 5) is 22.3. The minimum absolute atomic E-state index is 0.191. The lowest BCUT2D eigenvalue weighted by Gasteiger charge is -2.05. The number of nitrogen functional groups attached to an aromatic ring is 1. The fourth-order valence-corrected chi connectivity index (χ4v) is 2.00. The van der Waals surface area contributed by atoms with Crippen molar-refractivity contribution in [3.8, 4) is 5.69 Å². The third-order valence-corrected chi connectivity index (χ3v) is 2.78. The van der Waals surface area contributed by atoms with Crippen LogP contribution in [0.3, 0.4) is 0 Å². The molecule has 3 rings (SSSR count). The minimum Gasteiger partial charge on any atom is -0.369 e. The van der Waals surface area contributed by atoms with Gasteiger partial charge in [-0.15, -0.1) is 0 Å². The van der Waals surface area contributed by atoms with E-state index in [2.05, 4.69) is 15.0 Å². The number of imidazole rings is 1. The molecule has 0 spiro atoms. The molecule has 0 amide bonds. The van der Waals surface area contributed by atoms with Crippen molar-refractivity contribution in [3.63, 3.8) is 0 Å². The van der Waals surface area contributed by atoms with Crippen LogP contribution in [0.25, 0.3) is 16.9 Å². The van der Waals surface area contributed by atoms with Gasteiger partial charge < -0.3 is 10.7 Å². The molecule has 0 aliphatic heterocycles. The molecule has 3 N–H and O–H groups in total. The van der Waals surface area contributed by atoms with Crippen LogP contribution < -0.4 is 11.3 Å².